The molecule has 1 aromatic heterocycles. The first kappa shape index (κ1) is 39.3. The number of aliphatic carboxylic acids is 1. The number of oxime groups is 1. The van der Waals surface area contributed by atoms with E-state index in [1.54, 1.807) is 26.2 Å². The first-order chi connectivity index (χ1) is 26.8. The van der Waals surface area contributed by atoms with Gasteiger partial charge in [-0.2, -0.15) is 0 Å². The van der Waals surface area contributed by atoms with Gasteiger partial charge in [-0.05, 0) is 43.0 Å². The summed E-state index contributed by atoms with van der Waals surface area (Å²) < 4.78 is 19.2. The predicted octanol–water partition coefficient (Wildman–Crippen LogP) is 5.33. The molecule has 290 valence electrons. The lowest BCUT2D eigenvalue weighted by atomic mass is 9.77. The van der Waals surface area contributed by atoms with Crippen molar-refractivity contribution < 1.29 is 38.1 Å². The Bertz CT molecular complexity index is 2160. The molecule has 1 saturated heterocycles. The number of carbonyl (C=O) groups is 4. The fourth-order valence-corrected chi connectivity index (χ4v) is 10.1. The van der Waals surface area contributed by atoms with Crippen LogP contribution in [0, 0.1) is 0 Å². The van der Waals surface area contributed by atoms with Crippen molar-refractivity contribution in [1.82, 2.24) is 15.2 Å². The zero-order chi connectivity index (χ0) is 39.8. The molecule has 2 aliphatic heterocycles. The Morgan fingerprint density at radius 2 is 1.54 bits per heavy atom. The van der Waals surface area contributed by atoms with Crippen molar-refractivity contribution in [3.63, 3.8) is 0 Å². The summed E-state index contributed by atoms with van der Waals surface area (Å²) in [6, 6.07) is 28.3. The van der Waals surface area contributed by atoms with E-state index in [1.165, 1.54) is 11.3 Å². The van der Waals surface area contributed by atoms with Gasteiger partial charge in [-0.25, -0.2) is 14.6 Å². The van der Waals surface area contributed by atoms with Gasteiger partial charge in [0.1, 0.15) is 33.9 Å². The number of hydrogen-bond donors (Lipinski definition) is 3. The van der Waals surface area contributed by atoms with E-state index in [2.05, 4.69) is 15.8 Å². The molecule has 16 heteroatoms. The summed E-state index contributed by atoms with van der Waals surface area (Å²) >= 11 is 3.18. The number of nitrogens with one attached hydrogen (secondary N) is 2. The van der Waals surface area contributed by atoms with E-state index in [0.29, 0.717) is 23.5 Å². The highest BCUT2D eigenvalue weighted by atomic mass is 127. The van der Waals surface area contributed by atoms with E-state index in [-0.39, 0.29) is 27.3 Å². The van der Waals surface area contributed by atoms with E-state index in [1.807, 2.05) is 114 Å². The van der Waals surface area contributed by atoms with Crippen LogP contribution in [0.3, 0.4) is 0 Å². The average molecular weight is 908 g/mol. The summed E-state index contributed by atoms with van der Waals surface area (Å²) in [5.74, 6) is -3.61. The van der Waals surface area contributed by atoms with Gasteiger partial charge in [0.05, 0.1) is 16.6 Å². The Morgan fingerprint density at radius 1 is 0.982 bits per heavy atom. The van der Waals surface area contributed by atoms with Crippen LogP contribution >= 0.6 is 33.9 Å². The van der Waals surface area contributed by atoms with Crippen LogP contribution in [-0.4, -0.2) is 81.5 Å². The molecule has 3 heterocycles. The number of nitrogens with zero attached hydrogens (tertiary/aromatic N) is 3. The molecule has 1 saturated carbocycles. The number of ether oxygens (including phenoxy) is 1. The van der Waals surface area contributed by atoms with E-state index in [4.69, 9.17) is 14.6 Å². The van der Waals surface area contributed by atoms with Gasteiger partial charge in [0, 0.05) is 22.6 Å². The fourth-order valence-electron chi connectivity index (χ4n) is 6.70. The third-order valence-corrected chi connectivity index (χ3v) is 12.9. The van der Waals surface area contributed by atoms with Crippen molar-refractivity contribution in [2.45, 2.75) is 61.8 Å². The van der Waals surface area contributed by atoms with Crippen LogP contribution in [0.2, 0.25) is 0 Å². The number of alkyl halides is 1. The van der Waals surface area contributed by atoms with Gasteiger partial charge in [-0.15, -0.1) is 11.3 Å². The number of anilines is 1. The number of β-lactam (4-membered cyclic amide) rings is 1. The molecule has 4 aromatic rings. The lowest BCUT2D eigenvalue weighted by Crippen LogP contribution is -2.74. The van der Waals surface area contributed by atoms with Gasteiger partial charge in [0.2, 0.25) is 5.60 Å². The number of thiazole rings is 1. The normalized spacial score (nSPS) is 20.4. The number of hydrogen-bond acceptors (Lipinski definition) is 11. The van der Waals surface area contributed by atoms with Crippen molar-refractivity contribution in [3.05, 3.63) is 130 Å². The third-order valence-electron chi connectivity index (χ3n) is 9.52. The first-order valence-electron chi connectivity index (χ1n) is 17.7. The maximum Gasteiger partial charge on any atom is 0.353 e. The molecule has 0 spiro atoms. The molecule has 13 nitrogen and oxygen atoms in total. The number of halogens is 1. The number of carbonyl (C=O) groups excluding carboxylic acids is 3. The fraction of sp³-hybridized carbons (Fsp3) is 0.300. The van der Waals surface area contributed by atoms with Gasteiger partial charge in [-0.1, -0.05) is 119 Å². The molecule has 56 heavy (non-hydrogen) atoms. The summed E-state index contributed by atoms with van der Waals surface area (Å²) in [4.78, 5) is 64.6. The maximum absolute atomic E-state index is 14.2. The summed E-state index contributed by atoms with van der Waals surface area (Å²) in [5.41, 5.74) is -0.508. The minimum Gasteiger partial charge on any atom is -0.477 e. The quantitative estimate of drug-likeness (QED) is 0.0303. The number of carboxylic acid groups (broad SMARTS) is 1. The van der Waals surface area contributed by atoms with Crippen molar-refractivity contribution in [1.29, 1.82) is 0 Å². The van der Waals surface area contributed by atoms with Crippen LogP contribution < -0.4 is 10.6 Å². The molecule has 2 fully saturated rings. The summed E-state index contributed by atoms with van der Waals surface area (Å²) in [6.07, 6.45) is 0.608. The number of rotatable bonds is 13. The molecule has 3 atom stereocenters. The SMILES string of the molecule is CC(C)(C)OC(=O)C1(O/N=C(\C(=O)NC2C(=O)N3C(C(=O)O)=C(CI)CS(=O)[C@@H]23)c2csc(NC(c3ccccc3)(c3ccccc3)c3ccccc3)n2)CC1. The number of amides is 2. The van der Waals surface area contributed by atoms with Gasteiger partial charge in [0.15, 0.2) is 10.8 Å². The lowest BCUT2D eigenvalue weighted by molar-refractivity contribution is -0.172. The highest BCUT2D eigenvalue weighted by molar-refractivity contribution is 14.1. The number of carboxylic acids is 1. The van der Waals surface area contributed by atoms with E-state index in [0.717, 1.165) is 21.6 Å². The summed E-state index contributed by atoms with van der Waals surface area (Å²) in [5, 5.41) is 21.3. The van der Waals surface area contributed by atoms with Crippen LogP contribution in [0.15, 0.2) is 113 Å². The molecule has 3 aliphatic rings. The molecular formula is C40H38IN5O8S2. The second-order valence-corrected chi connectivity index (χ2v) is 17.7. The van der Waals surface area contributed by atoms with Gasteiger partial charge in [-0.3, -0.25) is 18.7 Å². The molecule has 3 aromatic carbocycles. The highest BCUT2D eigenvalue weighted by Gasteiger charge is 2.58. The number of esters is 1. The number of aromatic nitrogens is 1. The van der Waals surface area contributed by atoms with Crippen LogP contribution in [0.1, 0.15) is 56.0 Å². The smallest absolute Gasteiger partial charge is 0.353 e. The monoisotopic (exact) mass is 907 g/mol. The van der Waals surface area contributed by atoms with Crippen LogP contribution in [0.25, 0.3) is 0 Å². The van der Waals surface area contributed by atoms with Gasteiger partial charge >= 0.3 is 11.9 Å². The second-order valence-electron chi connectivity index (χ2n) is 14.5. The van der Waals surface area contributed by atoms with Crippen LogP contribution in [-0.2, 0) is 45.1 Å². The maximum atomic E-state index is 14.2. The third kappa shape index (κ3) is 7.48. The molecule has 1 aliphatic carbocycles. The van der Waals surface area contributed by atoms with E-state index < -0.39 is 62.7 Å². The lowest BCUT2D eigenvalue weighted by Gasteiger charge is -2.48. The Kier molecular flexibility index (Phi) is 10.9. The van der Waals surface area contributed by atoms with Crippen molar-refractivity contribution in [2.75, 3.05) is 15.5 Å². The Balaban J connectivity index is 1.25. The molecule has 0 bridgehead atoms. The molecule has 2 unspecified atom stereocenters. The molecule has 0 radical (unpaired) electrons. The van der Waals surface area contributed by atoms with E-state index in [9.17, 15) is 28.5 Å². The van der Waals surface area contributed by atoms with Crippen LogP contribution in [0.4, 0.5) is 5.13 Å². The molecule has 3 N–H and O–H groups in total. The van der Waals surface area contributed by atoms with Gasteiger partial charge in [0.25, 0.3) is 11.8 Å². The second kappa shape index (κ2) is 15.5. The molecule has 2 amide bonds. The van der Waals surface area contributed by atoms with Crippen molar-refractivity contribution >= 4 is 79.3 Å². The minimum atomic E-state index is -1.70. The Hall–Kier alpha value is -4.94. The Morgan fingerprint density at radius 3 is 2.02 bits per heavy atom. The topological polar surface area (TPSA) is 177 Å². The van der Waals surface area contributed by atoms with Crippen LogP contribution in [0.5, 0.6) is 0 Å². The zero-order valence-corrected chi connectivity index (χ0v) is 34.4. The number of benzene rings is 3. The summed E-state index contributed by atoms with van der Waals surface area (Å²) in [6.45, 7) is 5.19. The van der Waals surface area contributed by atoms with E-state index >= 15 is 0 Å². The zero-order valence-electron chi connectivity index (χ0n) is 30.6. The highest BCUT2D eigenvalue weighted by Crippen LogP contribution is 2.43. The molecular weight excluding hydrogens is 870 g/mol. The van der Waals surface area contributed by atoms with Crippen molar-refractivity contribution in [3.8, 4) is 0 Å². The average Bonchev–Trinajstić information content (AvgIpc) is 3.85. The standard InChI is InChI=1S/C40H38IN5O8S2/c1-38(2,3)53-36(51)39(19-20-39)54-45-29(32(47)43-30-33(48)46-31(35(49)50)24(21-41)23-56(52)34(30)46)28-22-55-37(42-28)44-40(25-13-7-4-8-14-25,26-15-9-5-10-16-26)27-17-11-6-12-18-27/h4-18,22,30,34H,19-21,23H2,1-3H3,(H,42,44)(H,43,47)(H,49,50)/b45-29-/t30?,34-,56?/m0/s1. The van der Waals surface area contributed by atoms with Crippen molar-refractivity contribution in [2.24, 2.45) is 5.16 Å². The predicted molar refractivity (Wildman–Crippen MR) is 219 cm³/mol. The Labute approximate surface area is 343 Å². The first-order valence-corrected chi connectivity index (χ1v) is 21.5. The molecule has 7 rings (SSSR count). The van der Waals surface area contributed by atoms with Gasteiger partial charge < -0.3 is 25.3 Å². The largest absolute Gasteiger partial charge is 0.477 e. The number of fused-ring (bicyclic) bond motifs is 1. The minimum absolute atomic E-state index is 0.0546. The summed E-state index contributed by atoms with van der Waals surface area (Å²) in [7, 11) is -1.70.